The molecule has 0 unspecified atom stereocenters. The molecule has 174 valence electrons. The normalized spacial score (nSPS) is 11.7. The van der Waals surface area contributed by atoms with Gasteiger partial charge >= 0.3 is 0 Å². The number of aromatic nitrogens is 4. The predicted octanol–water partition coefficient (Wildman–Crippen LogP) is 4.64. The zero-order chi connectivity index (χ0) is 24.1. The minimum atomic E-state index is -0.451. The number of anilines is 2. The lowest BCUT2D eigenvalue weighted by Gasteiger charge is -2.13. The van der Waals surface area contributed by atoms with Crippen molar-refractivity contribution in [3.8, 4) is 5.69 Å². The van der Waals surface area contributed by atoms with Gasteiger partial charge in [0.2, 0.25) is 11.8 Å². The van der Waals surface area contributed by atoms with E-state index in [1.807, 2.05) is 66.9 Å². The lowest BCUT2D eigenvalue weighted by atomic mass is 10.1. The molecule has 2 N–H and O–H groups in total. The average Bonchev–Trinajstić information content (AvgIpc) is 3.46. The first-order valence-corrected chi connectivity index (χ1v) is 12.4. The molecule has 10 heteroatoms. The Morgan fingerprint density at radius 1 is 1.09 bits per heavy atom. The Labute approximate surface area is 205 Å². The Bertz CT molecular complexity index is 1290. The molecule has 4 aromatic rings. The maximum Gasteiger partial charge on any atom is 0.239 e. The molecular weight excluding hydrogens is 468 g/mol. The predicted molar refractivity (Wildman–Crippen MR) is 136 cm³/mol. The standard InChI is InChI=1S/C24H24N6O2S2/c1-15-9-10-19(16(2)13-15)26-21(31)14-20-28-29-24(30(20)18-7-5-4-6-8-18)34-17(3)22(32)27-23-25-11-12-33-23/h4-13,17H,14H2,1-3H3,(H,26,31)(H,25,27,32)/t17-/m0/s1. The molecule has 0 saturated carbocycles. The van der Waals surface area contributed by atoms with Crippen LogP contribution in [0, 0.1) is 13.8 Å². The van der Waals surface area contributed by atoms with E-state index in [0.717, 1.165) is 22.5 Å². The maximum absolute atomic E-state index is 12.9. The van der Waals surface area contributed by atoms with Crippen molar-refractivity contribution in [3.05, 3.63) is 77.1 Å². The molecule has 0 aliphatic rings. The molecule has 0 spiro atoms. The Balaban J connectivity index is 1.54. The van der Waals surface area contributed by atoms with Gasteiger partial charge in [0.05, 0.1) is 11.7 Å². The molecule has 2 aromatic heterocycles. The summed E-state index contributed by atoms with van der Waals surface area (Å²) in [5, 5.41) is 16.8. The van der Waals surface area contributed by atoms with Crippen LogP contribution in [-0.2, 0) is 16.0 Å². The average molecular weight is 493 g/mol. The number of hydrogen-bond acceptors (Lipinski definition) is 7. The van der Waals surface area contributed by atoms with Gasteiger partial charge in [0.25, 0.3) is 0 Å². The van der Waals surface area contributed by atoms with E-state index in [4.69, 9.17) is 0 Å². The van der Waals surface area contributed by atoms with Gasteiger partial charge in [-0.3, -0.25) is 14.2 Å². The van der Waals surface area contributed by atoms with Gasteiger partial charge in [-0.2, -0.15) is 0 Å². The van der Waals surface area contributed by atoms with Crippen LogP contribution in [0.4, 0.5) is 10.8 Å². The van der Waals surface area contributed by atoms with Crippen LogP contribution in [0.1, 0.15) is 23.9 Å². The molecule has 0 fully saturated rings. The monoisotopic (exact) mass is 492 g/mol. The van der Waals surface area contributed by atoms with Crippen LogP contribution in [0.5, 0.6) is 0 Å². The fraction of sp³-hybridized carbons (Fsp3) is 0.208. The molecule has 0 aliphatic heterocycles. The van der Waals surface area contributed by atoms with E-state index < -0.39 is 5.25 Å². The molecule has 0 bridgehead atoms. The maximum atomic E-state index is 12.9. The number of amides is 2. The molecule has 0 radical (unpaired) electrons. The molecule has 0 aliphatic carbocycles. The number of carbonyl (C=O) groups excluding carboxylic acids is 2. The summed E-state index contributed by atoms with van der Waals surface area (Å²) < 4.78 is 1.82. The smallest absolute Gasteiger partial charge is 0.239 e. The van der Waals surface area contributed by atoms with Gasteiger partial charge in [-0.05, 0) is 44.5 Å². The summed E-state index contributed by atoms with van der Waals surface area (Å²) in [6.07, 6.45) is 1.68. The van der Waals surface area contributed by atoms with Crippen molar-refractivity contribution in [1.29, 1.82) is 0 Å². The van der Waals surface area contributed by atoms with Gasteiger partial charge in [-0.1, -0.05) is 47.7 Å². The summed E-state index contributed by atoms with van der Waals surface area (Å²) in [6.45, 7) is 5.77. The van der Waals surface area contributed by atoms with Crippen LogP contribution >= 0.6 is 23.1 Å². The van der Waals surface area contributed by atoms with E-state index in [-0.39, 0.29) is 18.2 Å². The minimum absolute atomic E-state index is 0.0372. The van der Waals surface area contributed by atoms with Gasteiger partial charge in [-0.15, -0.1) is 21.5 Å². The van der Waals surface area contributed by atoms with E-state index in [1.165, 1.54) is 23.1 Å². The van der Waals surface area contributed by atoms with Crippen molar-refractivity contribution in [2.75, 3.05) is 10.6 Å². The summed E-state index contributed by atoms with van der Waals surface area (Å²) in [7, 11) is 0. The van der Waals surface area contributed by atoms with E-state index >= 15 is 0 Å². The van der Waals surface area contributed by atoms with Gasteiger partial charge in [-0.25, -0.2) is 4.98 Å². The summed E-state index contributed by atoms with van der Waals surface area (Å²) in [5.41, 5.74) is 3.71. The van der Waals surface area contributed by atoms with E-state index in [0.29, 0.717) is 16.1 Å². The number of nitrogens with one attached hydrogen (secondary N) is 2. The fourth-order valence-electron chi connectivity index (χ4n) is 3.32. The number of thiazole rings is 1. The first-order valence-electron chi connectivity index (χ1n) is 10.6. The van der Waals surface area contributed by atoms with Crippen molar-refractivity contribution in [1.82, 2.24) is 19.7 Å². The van der Waals surface area contributed by atoms with Crippen LogP contribution in [0.25, 0.3) is 5.69 Å². The zero-order valence-corrected chi connectivity index (χ0v) is 20.6. The second-order valence-electron chi connectivity index (χ2n) is 7.70. The van der Waals surface area contributed by atoms with Crippen LogP contribution in [-0.4, -0.2) is 36.8 Å². The third-order valence-electron chi connectivity index (χ3n) is 5.00. The molecule has 2 aromatic carbocycles. The van der Waals surface area contributed by atoms with Gasteiger partial charge in [0.1, 0.15) is 5.82 Å². The highest BCUT2D eigenvalue weighted by molar-refractivity contribution is 8.00. The van der Waals surface area contributed by atoms with Crippen LogP contribution in [0.2, 0.25) is 0 Å². The van der Waals surface area contributed by atoms with E-state index in [9.17, 15) is 9.59 Å². The Morgan fingerprint density at radius 2 is 1.88 bits per heavy atom. The third kappa shape index (κ3) is 5.70. The van der Waals surface area contributed by atoms with Crippen molar-refractivity contribution in [2.24, 2.45) is 0 Å². The summed E-state index contributed by atoms with van der Waals surface area (Å²) in [5.74, 6) is 0.114. The number of para-hydroxylation sites is 1. The number of benzene rings is 2. The lowest BCUT2D eigenvalue weighted by Crippen LogP contribution is -2.23. The minimum Gasteiger partial charge on any atom is -0.325 e. The van der Waals surface area contributed by atoms with Gasteiger partial charge in [0, 0.05) is 23.0 Å². The van der Waals surface area contributed by atoms with Crippen LogP contribution < -0.4 is 10.6 Å². The fourth-order valence-corrected chi connectivity index (χ4v) is 4.74. The zero-order valence-electron chi connectivity index (χ0n) is 19.0. The lowest BCUT2D eigenvalue weighted by molar-refractivity contribution is -0.116. The second kappa shape index (κ2) is 10.6. The number of carbonyl (C=O) groups is 2. The third-order valence-corrected chi connectivity index (χ3v) is 6.73. The molecular formula is C24H24N6O2S2. The number of aryl methyl sites for hydroxylation is 2. The van der Waals surface area contributed by atoms with Crippen LogP contribution in [0.3, 0.4) is 0 Å². The molecule has 2 amide bonds. The SMILES string of the molecule is Cc1ccc(NC(=O)Cc2nnc(S[C@@H](C)C(=O)Nc3nccs3)n2-c2ccccc2)c(C)c1. The topological polar surface area (TPSA) is 102 Å². The molecule has 0 saturated heterocycles. The molecule has 4 rings (SSSR count). The number of thioether (sulfide) groups is 1. The second-order valence-corrected chi connectivity index (χ2v) is 9.90. The van der Waals surface area contributed by atoms with E-state index in [1.54, 1.807) is 18.5 Å². The Kier molecular flexibility index (Phi) is 7.39. The number of hydrogen-bond donors (Lipinski definition) is 2. The number of rotatable bonds is 8. The van der Waals surface area contributed by atoms with Gasteiger partial charge in [0.15, 0.2) is 10.3 Å². The molecule has 8 nitrogen and oxygen atoms in total. The Hall–Kier alpha value is -3.50. The first-order chi connectivity index (χ1) is 16.4. The number of nitrogens with zero attached hydrogens (tertiary/aromatic N) is 4. The molecule has 2 heterocycles. The van der Waals surface area contributed by atoms with Crippen molar-refractivity contribution in [2.45, 2.75) is 37.6 Å². The van der Waals surface area contributed by atoms with Crippen molar-refractivity contribution in [3.63, 3.8) is 0 Å². The summed E-state index contributed by atoms with van der Waals surface area (Å²) >= 11 is 2.63. The largest absolute Gasteiger partial charge is 0.325 e. The Morgan fingerprint density at radius 3 is 2.59 bits per heavy atom. The van der Waals surface area contributed by atoms with Crippen molar-refractivity contribution < 1.29 is 9.59 Å². The summed E-state index contributed by atoms with van der Waals surface area (Å²) in [4.78, 5) is 29.6. The van der Waals surface area contributed by atoms with Gasteiger partial charge < -0.3 is 10.6 Å². The highest BCUT2D eigenvalue weighted by Gasteiger charge is 2.23. The summed E-state index contributed by atoms with van der Waals surface area (Å²) in [6, 6.07) is 15.4. The highest BCUT2D eigenvalue weighted by atomic mass is 32.2. The van der Waals surface area contributed by atoms with Crippen LogP contribution in [0.15, 0.2) is 65.3 Å². The molecule has 34 heavy (non-hydrogen) atoms. The molecule has 1 atom stereocenters. The quantitative estimate of drug-likeness (QED) is 0.348. The van der Waals surface area contributed by atoms with Crippen molar-refractivity contribution >= 4 is 45.7 Å². The highest BCUT2D eigenvalue weighted by Crippen LogP contribution is 2.27. The first kappa shape index (κ1) is 23.7. The van der Waals surface area contributed by atoms with E-state index in [2.05, 4.69) is 25.8 Å².